The molecule has 0 aliphatic heterocycles. The van der Waals surface area contributed by atoms with Gasteiger partial charge in [-0.1, -0.05) is 30.3 Å². The molecule has 29 heavy (non-hydrogen) atoms. The minimum atomic E-state index is -0.382. The van der Waals surface area contributed by atoms with Crippen LogP contribution in [-0.2, 0) is 11.3 Å². The van der Waals surface area contributed by atoms with E-state index in [4.69, 9.17) is 14.7 Å². The lowest BCUT2D eigenvalue weighted by atomic mass is 10.1. The lowest BCUT2D eigenvalue weighted by Gasteiger charge is -2.09. The van der Waals surface area contributed by atoms with Gasteiger partial charge in [-0.2, -0.15) is 0 Å². The number of rotatable bonds is 4. The van der Waals surface area contributed by atoms with Gasteiger partial charge in [0.05, 0.1) is 28.7 Å². The molecule has 0 aliphatic rings. The molecule has 0 unspecified atom stereocenters. The van der Waals surface area contributed by atoms with E-state index in [0.717, 1.165) is 38.7 Å². The molecular weight excluding hydrogens is 364 g/mol. The van der Waals surface area contributed by atoms with Crippen molar-refractivity contribution in [2.75, 3.05) is 6.61 Å². The van der Waals surface area contributed by atoms with E-state index in [1.54, 1.807) is 18.3 Å². The lowest BCUT2D eigenvalue weighted by molar-refractivity contribution is 0.0493. The summed E-state index contributed by atoms with van der Waals surface area (Å²) in [7, 11) is 0. The molecule has 6 heteroatoms. The topological polar surface area (TPSA) is 69.9 Å². The van der Waals surface area contributed by atoms with Crippen molar-refractivity contribution in [2.24, 2.45) is 0 Å². The third-order valence-corrected chi connectivity index (χ3v) is 5.02. The van der Waals surface area contributed by atoms with Crippen LogP contribution in [0.5, 0.6) is 0 Å². The molecule has 5 aromatic rings. The van der Waals surface area contributed by atoms with E-state index < -0.39 is 0 Å². The van der Waals surface area contributed by atoms with Gasteiger partial charge in [0.15, 0.2) is 5.65 Å². The molecule has 0 saturated heterocycles. The minimum Gasteiger partial charge on any atom is -0.460 e. The zero-order valence-corrected chi connectivity index (χ0v) is 15.9. The first-order chi connectivity index (χ1) is 14.2. The average molecular weight is 382 g/mol. The van der Waals surface area contributed by atoms with Gasteiger partial charge >= 0.3 is 5.97 Å². The van der Waals surface area contributed by atoms with Gasteiger partial charge in [0.2, 0.25) is 0 Å². The molecule has 0 spiro atoms. The van der Waals surface area contributed by atoms with E-state index in [0.29, 0.717) is 12.1 Å². The molecule has 3 heterocycles. The summed E-state index contributed by atoms with van der Waals surface area (Å²) in [6.07, 6.45) is 3.13. The van der Waals surface area contributed by atoms with Gasteiger partial charge in [0.1, 0.15) is 12.1 Å². The number of esters is 1. The van der Waals surface area contributed by atoms with Crippen LogP contribution in [0.1, 0.15) is 15.9 Å². The second-order valence-corrected chi connectivity index (χ2v) is 6.88. The fourth-order valence-electron chi connectivity index (χ4n) is 3.69. The van der Waals surface area contributed by atoms with Gasteiger partial charge in [0.25, 0.3) is 0 Å². The Morgan fingerprint density at radius 2 is 1.83 bits per heavy atom. The molecule has 2 aromatic carbocycles. The highest BCUT2D eigenvalue weighted by Gasteiger charge is 2.16. The number of ether oxygens (including phenoxy) is 1. The second-order valence-electron chi connectivity index (χ2n) is 6.88. The van der Waals surface area contributed by atoms with Gasteiger partial charge in [-0.25, -0.2) is 14.8 Å². The third-order valence-electron chi connectivity index (χ3n) is 5.02. The van der Waals surface area contributed by atoms with Crippen molar-refractivity contribution in [3.8, 4) is 0 Å². The summed E-state index contributed by atoms with van der Waals surface area (Å²) in [6, 6.07) is 17.4. The molecule has 0 fully saturated rings. The average Bonchev–Trinajstić information content (AvgIpc) is 3.07. The van der Waals surface area contributed by atoms with Crippen molar-refractivity contribution in [1.29, 1.82) is 0 Å². The van der Waals surface area contributed by atoms with E-state index in [9.17, 15) is 4.79 Å². The highest BCUT2D eigenvalue weighted by atomic mass is 16.5. The number of carbonyl (C=O) groups is 1. The molecule has 142 valence electrons. The summed E-state index contributed by atoms with van der Waals surface area (Å²) < 4.78 is 7.57. The second kappa shape index (κ2) is 6.98. The standard InChI is InChI=1S/C23H18N4O2/c1-15-6-4-8-17-20-22(26-19-10-3-2-9-18(19)25-20)27(21(15)17)12-13-29-23(28)16-7-5-11-24-14-16/h2-11,14H,12-13H2,1H3. The van der Waals surface area contributed by atoms with Crippen LogP contribution < -0.4 is 0 Å². The number of para-hydroxylation sites is 3. The Morgan fingerprint density at radius 3 is 2.62 bits per heavy atom. The van der Waals surface area contributed by atoms with Gasteiger partial charge in [-0.3, -0.25) is 4.98 Å². The van der Waals surface area contributed by atoms with Crippen molar-refractivity contribution < 1.29 is 9.53 Å². The van der Waals surface area contributed by atoms with Crippen LogP contribution in [0.15, 0.2) is 67.0 Å². The molecule has 3 aromatic heterocycles. The maximum absolute atomic E-state index is 12.2. The first-order valence-corrected chi connectivity index (χ1v) is 9.44. The number of hydrogen-bond acceptors (Lipinski definition) is 5. The van der Waals surface area contributed by atoms with Crippen LogP contribution in [0.3, 0.4) is 0 Å². The van der Waals surface area contributed by atoms with E-state index in [2.05, 4.69) is 28.6 Å². The molecule has 0 amide bonds. The molecule has 0 saturated carbocycles. The van der Waals surface area contributed by atoms with Gasteiger partial charge in [-0.05, 0) is 36.8 Å². The van der Waals surface area contributed by atoms with Gasteiger partial charge < -0.3 is 9.30 Å². The fraction of sp³-hybridized carbons (Fsp3) is 0.130. The van der Waals surface area contributed by atoms with Gasteiger partial charge in [-0.15, -0.1) is 0 Å². The first-order valence-electron chi connectivity index (χ1n) is 9.44. The first kappa shape index (κ1) is 17.3. The summed E-state index contributed by atoms with van der Waals surface area (Å²) in [5.74, 6) is -0.382. The molecular formula is C23H18N4O2. The predicted octanol–water partition coefficient (Wildman–Crippen LogP) is 4.30. The van der Waals surface area contributed by atoms with E-state index in [1.165, 1.54) is 6.20 Å². The summed E-state index contributed by atoms with van der Waals surface area (Å²) >= 11 is 0. The molecule has 0 bridgehead atoms. The van der Waals surface area contributed by atoms with Crippen LogP contribution in [0.2, 0.25) is 0 Å². The highest BCUT2D eigenvalue weighted by molar-refractivity contribution is 6.07. The normalized spacial score (nSPS) is 11.3. The number of hydrogen-bond donors (Lipinski definition) is 0. The Balaban J connectivity index is 1.56. The third kappa shape index (κ3) is 2.99. The minimum absolute atomic E-state index is 0.232. The van der Waals surface area contributed by atoms with Crippen LogP contribution in [0.4, 0.5) is 0 Å². The maximum Gasteiger partial charge on any atom is 0.339 e. The molecule has 6 nitrogen and oxygen atoms in total. The van der Waals surface area contributed by atoms with Crippen molar-refractivity contribution in [1.82, 2.24) is 19.5 Å². The Bertz CT molecular complexity index is 1360. The van der Waals surface area contributed by atoms with E-state index in [-0.39, 0.29) is 12.6 Å². The molecule has 0 N–H and O–H groups in total. The molecule has 0 atom stereocenters. The summed E-state index contributed by atoms with van der Waals surface area (Å²) in [5, 5.41) is 1.05. The van der Waals surface area contributed by atoms with Gasteiger partial charge in [0, 0.05) is 17.8 Å². The Hall–Kier alpha value is -3.80. The van der Waals surface area contributed by atoms with Crippen molar-refractivity contribution in [3.63, 3.8) is 0 Å². The largest absolute Gasteiger partial charge is 0.460 e. The highest BCUT2D eigenvalue weighted by Crippen LogP contribution is 2.30. The van der Waals surface area contributed by atoms with Crippen molar-refractivity contribution in [2.45, 2.75) is 13.5 Å². The van der Waals surface area contributed by atoms with Crippen LogP contribution >= 0.6 is 0 Å². The van der Waals surface area contributed by atoms with Crippen molar-refractivity contribution in [3.05, 3.63) is 78.1 Å². The van der Waals surface area contributed by atoms with Crippen LogP contribution in [-0.4, -0.2) is 32.1 Å². The zero-order valence-electron chi connectivity index (χ0n) is 15.9. The number of carbonyl (C=O) groups excluding carboxylic acids is 1. The number of benzene rings is 2. The summed E-state index contributed by atoms with van der Waals surface area (Å²) in [5.41, 5.74) is 6.00. The Kier molecular flexibility index (Phi) is 4.17. The predicted molar refractivity (Wildman–Crippen MR) is 112 cm³/mol. The van der Waals surface area contributed by atoms with E-state index >= 15 is 0 Å². The molecule has 0 radical (unpaired) electrons. The zero-order chi connectivity index (χ0) is 19.8. The summed E-state index contributed by atoms with van der Waals surface area (Å²) in [6.45, 7) is 2.79. The van der Waals surface area contributed by atoms with Crippen molar-refractivity contribution >= 4 is 39.1 Å². The van der Waals surface area contributed by atoms with E-state index in [1.807, 2.05) is 30.3 Å². The number of fused-ring (bicyclic) bond motifs is 4. The molecule has 5 rings (SSSR count). The Morgan fingerprint density at radius 1 is 1.00 bits per heavy atom. The fourth-order valence-corrected chi connectivity index (χ4v) is 3.69. The lowest BCUT2D eigenvalue weighted by Crippen LogP contribution is -2.12. The van der Waals surface area contributed by atoms with Crippen LogP contribution in [0.25, 0.3) is 33.1 Å². The van der Waals surface area contributed by atoms with Crippen LogP contribution in [0, 0.1) is 6.92 Å². The smallest absolute Gasteiger partial charge is 0.339 e. The maximum atomic E-state index is 12.2. The molecule has 0 aliphatic carbocycles. The SMILES string of the molecule is Cc1cccc2c3nc4ccccc4nc3n(CCOC(=O)c3cccnc3)c12. The number of aryl methyl sites for hydroxylation is 1. The quantitative estimate of drug-likeness (QED) is 0.434. The summed E-state index contributed by atoms with van der Waals surface area (Å²) in [4.78, 5) is 25.9. The number of pyridine rings is 1. The Labute approximate surface area is 166 Å². The number of nitrogens with zero attached hydrogens (tertiary/aromatic N) is 4. The monoisotopic (exact) mass is 382 g/mol. The number of aromatic nitrogens is 4.